The van der Waals surface area contributed by atoms with Crippen molar-refractivity contribution in [2.45, 2.75) is 13.2 Å². The Hall–Kier alpha value is -2.70. The summed E-state index contributed by atoms with van der Waals surface area (Å²) < 4.78 is 1.81. The SMILES string of the molecule is OCc1cccc(-c2cnn3c(NCc4cccs4)ccnc23)c1. The summed E-state index contributed by atoms with van der Waals surface area (Å²) in [5, 5.41) is 19.3. The van der Waals surface area contributed by atoms with Crippen molar-refractivity contribution < 1.29 is 5.11 Å². The van der Waals surface area contributed by atoms with Crippen LogP contribution in [0.3, 0.4) is 0 Å². The summed E-state index contributed by atoms with van der Waals surface area (Å²) in [7, 11) is 0. The Morgan fingerprint density at radius 2 is 2.12 bits per heavy atom. The number of hydrogen-bond acceptors (Lipinski definition) is 5. The molecule has 2 N–H and O–H groups in total. The lowest BCUT2D eigenvalue weighted by atomic mass is 10.1. The molecule has 120 valence electrons. The summed E-state index contributed by atoms with van der Waals surface area (Å²) in [5.41, 5.74) is 3.62. The van der Waals surface area contributed by atoms with E-state index in [4.69, 9.17) is 0 Å². The first-order chi connectivity index (χ1) is 11.8. The number of aromatic nitrogens is 3. The molecule has 3 aromatic heterocycles. The first-order valence-electron chi connectivity index (χ1n) is 7.64. The fourth-order valence-corrected chi connectivity index (χ4v) is 3.30. The first kappa shape index (κ1) is 14.9. The number of nitrogens with one attached hydrogen (secondary N) is 1. The maximum atomic E-state index is 9.33. The van der Waals surface area contributed by atoms with Gasteiger partial charge in [0.1, 0.15) is 5.82 Å². The number of thiophene rings is 1. The Balaban J connectivity index is 1.70. The van der Waals surface area contributed by atoms with Crippen molar-refractivity contribution in [3.8, 4) is 11.1 Å². The molecule has 24 heavy (non-hydrogen) atoms. The van der Waals surface area contributed by atoms with Crippen LogP contribution >= 0.6 is 11.3 Å². The number of aliphatic hydroxyl groups is 1. The van der Waals surface area contributed by atoms with Gasteiger partial charge in [0.2, 0.25) is 0 Å². The summed E-state index contributed by atoms with van der Waals surface area (Å²) in [5.74, 6) is 0.901. The molecule has 0 atom stereocenters. The van der Waals surface area contributed by atoms with Gasteiger partial charge >= 0.3 is 0 Å². The average Bonchev–Trinajstić information content (AvgIpc) is 3.29. The minimum atomic E-state index is 0.0219. The number of benzene rings is 1. The summed E-state index contributed by atoms with van der Waals surface area (Å²) in [6.45, 7) is 0.778. The summed E-state index contributed by atoms with van der Waals surface area (Å²) in [4.78, 5) is 5.75. The molecule has 6 heteroatoms. The molecule has 0 aliphatic heterocycles. The van der Waals surface area contributed by atoms with Crippen molar-refractivity contribution in [1.29, 1.82) is 0 Å². The lowest BCUT2D eigenvalue weighted by Crippen LogP contribution is -2.04. The number of rotatable bonds is 5. The minimum absolute atomic E-state index is 0.0219. The molecule has 1 aromatic carbocycles. The van der Waals surface area contributed by atoms with Crippen LogP contribution in [0.25, 0.3) is 16.8 Å². The molecule has 0 bridgehead atoms. The van der Waals surface area contributed by atoms with E-state index in [0.717, 1.165) is 34.7 Å². The van der Waals surface area contributed by atoms with Crippen LogP contribution in [0.2, 0.25) is 0 Å². The van der Waals surface area contributed by atoms with E-state index in [1.165, 1.54) is 4.88 Å². The Labute approximate surface area is 143 Å². The van der Waals surface area contributed by atoms with E-state index in [1.54, 1.807) is 17.5 Å². The van der Waals surface area contributed by atoms with Gasteiger partial charge < -0.3 is 10.4 Å². The molecule has 4 aromatic rings. The smallest absolute Gasteiger partial charge is 0.165 e. The highest BCUT2D eigenvalue weighted by Crippen LogP contribution is 2.26. The number of nitrogens with zero attached hydrogens (tertiary/aromatic N) is 3. The van der Waals surface area contributed by atoms with Gasteiger partial charge in [-0.1, -0.05) is 24.3 Å². The molecule has 0 amide bonds. The molecule has 5 nitrogen and oxygen atoms in total. The average molecular weight is 336 g/mol. The largest absolute Gasteiger partial charge is 0.392 e. The van der Waals surface area contributed by atoms with Gasteiger partial charge in [-0.25, -0.2) is 4.98 Å². The van der Waals surface area contributed by atoms with Crippen molar-refractivity contribution in [2.75, 3.05) is 5.32 Å². The van der Waals surface area contributed by atoms with Crippen molar-refractivity contribution in [2.24, 2.45) is 0 Å². The van der Waals surface area contributed by atoms with Crippen LogP contribution in [0.4, 0.5) is 5.82 Å². The predicted octanol–water partition coefficient (Wildman–Crippen LogP) is 3.56. The highest BCUT2D eigenvalue weighted by molar-refractivity contribution is 7.09. The van der Waals surface area contributed by atoms with E-state index in [1.807, 2.05) is 47.1 Å². The van der Waals surface area contributed by atoms with E-state index in [9.17, 15) is 5.11 Å². The van der Waals surface area contributed by atoms with Crippen LogP contribution in [-0.2, 0) is 13.2 Å². The zero-order chi connectivity index (χ0) is 16.4. The van der Waals surface area contributed by atoms with E-state index in [2.05, 4.69) is 26.8 Å². The monoisotopic (exact) mass is 336 g/mol. The molecular weight excluding hydrogens is 320 g/mol. The lowest BCUT2D eigenvalue weighted by molar-refractivity contribution is 0.282. The van der Waals surface area contributed by atoms with Gasteiger partial charge in [0.25, 0.3) is 0 Å². The minimum Gasteiger partial charge on any atom is -0.392 e. The predicted molar refractivity (Wildman–Crippen MR) is 96.0 cm³/mol. The summed E-state index contributed by atoms with van der Waals surface area (Å²) in [6.07, 6.45) is 3.60. The second kappa shape index (κ2) is 6.43. The van der Waals surface area contributed by atoms with Crippen LogP contribution in [0.1, 0.15) is 10.4 Å². The first-order valence-corrected chi connectivity index (χ1v) is 8.52. The maximum absolute atomic E-state index is 9.33. The van der Waals surface area contributed by atoms with Crippen LogP contribution in [-0.4, -0.2) is 19.7 Å². The molecule has 0 saturated carbocycles. The Bertz CT molecular complexity index is 962. The van der Waals surface area contributed by atoms with Gasteiger partial charge in [-0.2, -0.15) is 9.61 Å². The van der Waals surface area contributed by atoms with Gasteiger partial charge in [0, 0.05) is 16.6 Å². The number of hydrogen-bond donors (Lipinski definition) is 2. The highest BCUT2D eigenvalue weighted by atomic mass is 32.1. The molecular formula is C18H16N4OS. The zero-order valence-corrected chi connectivity index (χ0v) is 13.7. The Morgan fingerprint density at radius 1 is 1.17 bits per heavy atom. The van der Waals surface area contributed by atoms with Gasteiger partial charge in [-0.05, 0) is 34.7 Å². The number of fused-ring (bicyclic) bond motifs is 1. The van der Waals surface area contributed by atoms with Gasteiger partial charge in [-0.15, -0.1) is 11.3 Å². The molecule has 0 radical (unpaired) electrons. The Morgan fingerprint density at radius 3 is 2.96 bits per heavy atom. The van der Waals surface area contributed by atoms with Crippen molar-refractivity contribution in [3.05, 3.63) is 70.7 Å². The quantitative estimate of drug-likeness (QED) is 0.585. The zero-order valence-electron chi connectivity index (χ0n) is 12.9. The highest BCUT2D eigenvalue weighted by Gasteiger charge is 2.11. The van der Waals surface area contributed by atoms with E-state index >= 15 is 0 Å². The van der Waals surface area contributed by atoms with Crippen LogP contribution in [0.5, 0.6) is 0 Å². The van der Waals surface area contributed by atoms with E-state index in [0.29, 0.717) is 0 Å². The van der Waals surface area contributed by atoms with Gasteiger partial charge in [0.15, 0.2) is 5.65 Å². The third-order valence-corrected chi connectivity index (χ3v) is 4.72. The lowest BCUT2D eigenvalue weighted by Gasteiger charge is -2.07. The second-order valence-corrected chi connectivity index (χ2v) is 6.45. The molecule has 0 aliphatic carbocycles. The molecule has 0 saturated heterocycles. The van der Waals surface area contributed by atoms with Crippen LogP contribution in [0, 0.1) is 0 Å². The molecule has 3 heterocycles. The summed E-state index contributed by atoms with van der Waals surface area (Å²) in [6, 6.07) is 13.9. The maximum Gasteiger partial charge on any atom is 0.165 e. The molecule has 4 rings (SSSR count). The van der Waals surface area contributed by atoms with Crippen LogP contribution in [0.15, 0.2) is 60.2 Å². The van der Waals surface area contributed by atoms with Crippen molar-refractivity contribution in [3.63, 3.8) is 0 Å². The van der Waals surface area contributed by atoms with Gasteiger partial charge in [0.05, 0.1) is 19.3 Å². The van der Waals surface area contributed by atoms with E-state index < -0.39 is 0 Å². The molecule has 0 spiro atoms. The molecule has 0 fully saturated rings. The van der Waals surface area contributed by atoms with E-state index in [-0.39, 0.29) is 6.61 Å². The normalized spacial score (nSPS) is 11.0. The Kier molecular flexibility index (Phi) is 3.98. The van der Waals surface area contributed by atoms with Gasteiger partial charge in [-0.3, -0.25) is 0 Å². The second-order valence-electron chi connectivity index (χ2n) is 5.42. The van der Waals surface area contributed by atoms with Crippen molar-refractivity contribution >= 4 is 22.8 Å². The topological polar surface area (TPSA) is 62.5 Å². The number of anilines is 1. The molecule has 0 aliphatic rings. The third kappa shape index (κ3) is 2.77. The third-order valence-electron chi connectivity index (χ3n) is 3.85. The summed E-state index contributed by atoms with van der Waals surface area (Å²) >= 11 is 1.72. The van der Waals surface area contributed by atoms with Crippen molar-refractivity contribution in [1.82, 2.24) is 14.6 Å². The standard InChI is InChI=1S/C18H16N4OS/c23-12-13-3-1-4-14(9-13)16-11-21-22-17(6-7-19-18(16)22)20-10-15-5-2-8-24-15/h1-9,11,20,23H,10,12H2. The van der Waals surface area contributed by atoms with Crippen LogP contribution < -0.4 is 5.32 Å². The fourth-order valence-electron chi connectivity index (χ4n) is 2.66. The molecule has 0 unspecified atom stereocenters. The number of aliphatic hydroxyl groups excluding tert-OH is 1. The fraction of sp³-hybridized carbons (Fsp3) is 0.111.